The summed E-state index contributed by atoms with van der Waals surface area (Å²) >= 11 is 0. The highest BCUT2D eigenvalue weighted by Gasteiger charge is 2.32. The molecule has 2 atom stereocenters. The molecule has 0 bridgehead atoms. The van der Waals surface area contributed by atoms with Crippen LogP contribution in [0.5, 0.6) is 0 Å². The predicted octanol–water partition coefficient (Wildman–Crippen LogP) is 3.17. The van der Waals surface area contributed by atoms with E-state index in [1.54, 1.807) is 36.4 Å². The number of halogens is 1. The molecule has 1 heterocycles. The van der Waals surface area contributed by atoms with Gasteiger partial charge in [-0.3, -0.25) is 4.79 Å². The zero-order valence-electron chi connectivity index (χ0n) is 13.3. The van der Waals surface area contributed by atoms with Crippen LogP contribution in [0.3, 0.4) is 0 Å². The van der Waals surface area contributed by atoms with Crippen LogP contribution < -0.4 is 5.32 Å². The van der Waals surface area contributed by atoms with Crippen molar-refractivity contribution in [2.45, 2.75) is 31.9 Å². The number of rotatable bonds is 5. The van der Waals surface area contributed by atoms with Crippen LogP contribution in [-0.2, 0) is 16.0 Å². The number of cyclic esters (lactones) is 1. The average molecular weight is 327 g/mol. The van der Waals surface area contributed by atoms with Crippen molar-refractivity contribution < 1.29 is 18.7 Å². The predicted molar refractivity (Wildman–Crippen MR) is 86.9 cm³/mol. The molecule has 0 saturated carbocycles. The van der Waals surface area contributed by atoms with Gasteiger partial charge in [0, 0.05) is 11.6 Å². The number of benzene rings is 2. The van der Waals surface area contributed by atoms with Gasteiger partial charge in [0.15, 0.2) is 0 Å². The standard InChI is InChI=1S/C19H18FNO3/c1-12(10-13-6-2-5-9-16(13)20)21-18(22)11-17-14-7-3-4-8-15(14)19(23)24-17/h2-9,12,17H,10-11H2,1H3,(H,21,22). The molecule has 1 amide bonds. The Morgan fingerprint density at radius 2 is 1.92 bits per heavy atom. The highest BCUT2D eigenvalue weighted by molar-refractivity contribution is 5.94. The first-order valence-corrected chi connectivity index (χ1v) is 7.87. The minimum atomic E-state index is -0.561. The van der Waals surface area contributed by atoms with Gasteiger partial charge in [-0.2, -0.15) is 0 Å². The number of esters is 1. The van der Waals surface area contributed by atoms with Crippen molar-refractivity contribution >= 4 is 11.9 Å². The molecular weight excluding hydrogens is 309 g/mol. The molecule has 5 heteroatoms. The van der Waals surface area contributed by atoms with Crippen LogP contribution in [0.1, 0.15) is 40.9 Å². The van der Waals surface area contributed by atoms with Gasteiger partial charge in [-0.15, -0.1) is 0 Å². The molecule has 0 spiro atoms. The summed E-state index contributed by atoms with van der Waals surface area (Å²) in [4.78, 5) is 24.0. The molecule has 2 aromatic rings. The molecule has 0 aliphatic carbocycles. The first kappa shape index (κ1) is 16.2. The second-order valence-electron chi connectivity index (χ2n) is 5.95. The number of carbonyl (C=O) groups excluding carboxylic acids is 2. The Morgan fingerprint density at radius 3 is 2.71 bits per heavy atom. The first-order chi connectivity index (χ1) is 11.5. The van der Waals surface area contributed by atoms with Crippen LogP contribution in [0.15, 0.2) is 48.5 Å². The molecule has 24 heavy (non-hydrogen) atoms. The number of nitrogens with one attached hydrogen (secondary N) is 1. The molecule has 3 rings (SSSR count). The molecule has 0 fully saturated rings. The van der Waals surface area contributed by atoms with E-state index in [0.29, 0.717) is 17.5 Å². The molecule has 0 saturated heterocycles. The van der Waals surface area contributed by atoms with Crippen molar-refractivity contribution in [3.8, 4) is 0 Å². The number of hydrogen-bond acceptors (Lipinski definition) is 3. The summed E-state index contributed by atoms with van der Waals surface area (Å²) in [5.74, 6) is -0.909. The van der Waals surface area contributed by atoms with Crippen LogP contribution in [0.2, 0.25) is 0 Å². The molecule has 4 nitrogen and oxygen atoms in total. The van der Waals surface area contributed by atoms with Gasteiger partial charge in [-0.25, -0.2) is 9.18 Å². The van der Waals surface area contributed by atoms with E-state index in [1.165, 1.54) is 6.07 Å². The molecule has 1 aliphatic rings. The third-order valence-electron chi connectivity index (χ3n) is 4.04. The monoisotopic (exact) mass is 327 g/mol. The summed E-state index contributed by atoms with van der Waals surface area (Å²) in [5, 5.41) is 2.83. The Labute approximate surface area is 139 Å². The molecule has 2 aromatic carbocycles. The Bertz CT molecular complexity index is 775. The van der Waals surface area contributed by atoms with E-state index in [4.69, 9.17) is 4.74 Å². The fraction of sp³-hybridized carbons (Fsp3) is 0.263. The summed E-state index contributed by atoms with van der Waals surface area (Å²) in [7, 11) is 0. The van der Waals surface area contributed by atoms with Crippen LogP contribution >= 0.6 is 0 Å². The normalized spacial score (nSPS) is 17.1. The minimum Gasteiger partial charge on any atom is -0.453 e. The van der Waals surface area contributed by atoms with Crippen LogP contribution in [-0.4, -0.2) is 17.9 Å². The summed E-state index contributed by atoms with van der Waals surface area (Å²) in [5.41, 5.74) is 1.80. The lowest BCUT2D eigenvalue weighted by Gasteiger charge is -2.16. The van der Waals surface area contributed by atoms with Gasteiger partial charge in [-0.1, -0.05) is 36.4 Å². The van der Waals surface area contributed by atoms with E-state index in [0.717, 1.165) is 5.56 Å². The molecule has 2 unspecified atom stereocenters. The highest BCUT2D eigenvalue weighted by atomic mass is 19.1. The van der Waals surface area contributed by atoms with E-state index in [1.807, 2.05) is 13.0 Å². The Hall–Kier alpha value is -2.69. The van der Waals surface area contributed by atoms with Crippen molar-refractivity contribution in [1.29, 1.82) is 0 Å². The molecule has 124 valence electrons. The zero-order chi connectivity index (χ0) is 17.1. The van der Waals surface area contributed by atoms with Crippen molar-refractivity contribution in [3.63, 3.8) is 0 Å². The quantitative estimate of drug-likeness (QED) is 0.858. The molecule has 0 radical (unpaired) electrons. The first-order valence-electron chi connectivity index (χ1n) is 7.87. The van der Waals surface area contributed by atoms with E-state index >= 15 is 0 Å². The fourth-order valence-electron chi connectivity index (χ4n) is 2.92. The van der Waals surface area contributed by atoms with E-state index in [9.17, 15) is 14.0 Å². The van der Waals surface area contributed by atoms with Crippen LogP contribution in [0, 0.1) is 5.82 Å². The second kappa shape index (κ2) is 6.83. The van der Waals surface area contributed by atoms with E-state index in [2.05, 4.69) is 5.32 Å². The number of carbonyl (C=O) groups is 2. The number of amides is 1. The van der Waals surface area contributed by atoms with Crippen molar-refractivity contribution in [1.82, 2.24) is 5.32 Å². The van der Waals surface area contributed by atoms with Gasteiger partial charge < -0.3 is 10.1 Å². The second-order valence-corrected chi connectivity index (χ2v) is 5.95. The summed E-state index contributed by atoms with van der Waals surface area (Å²) < 4.78 is 18.9. The van der Waals surface area contributed by atoms with Crippen molar-refractivity contribution in [2.24, 2.45) is 0 Å². The maximum Gasteiger partial charge on any atom is 0.339 e. The van der Waals surface area contributed by atoms with Gasteiger partial charge >= 0.3 is 5.97 Å². The molecule has 1 aliphatic heterocycles. The lowest BCUT2D eigenvalue weighted by atomic mass is 10.0. The largest absolute Gasteiger partial charge is 0.453 e. The van der Waals surface area contributed by atoms with Gasteiger partial charge in [0.25, 0.3) is 0 Å². The fourth-order valence-corrected chi connectivity index (χ4v) is 2.92. The smallest absolute Gasteiger partial charge is 0.339 e. The van der Waals surface area contributed by atoms with Crippen molar-refractivity contribution in [2.75, 3.05) is 0 Å². The Morgan fingerprint density at radius 1 is 1.21 bits per heavy atom. The van der Waals surface area contributed by atoms with Gasteiger partial charge in [0.05, 0.1) is 12.0 Å². The SMILES string of the molecule is CC(Cc1ccccc1F)NC(=O)CC1OC(=O)c2ccccc21. The Balaban J connectivity index is 1.58. The van der Waals surface area contributed by atoms with E-state index in [-0.39, 0.29) is 24.2 Å². The summed E-state index contributed by atoms with van der Waals surface area (Å²) in [6.45, 7) is 1.82. The maximum atomic E-state index is 13.7. The van der Waals surface area contributed by atoms with Crippen LogP contribution in [0.4, 0.5) is 4.39 Å². The average Bonchev–Trinajstić information content (AvgIpc) is 2.86. The third kappa shape index (κ3) is 3.45. The third-order valence-corrected chi connectivity index (χ3v) is 4.04. The lowest BCUT2D eigenvalue weighted by molar-refractivity contribution is -0.123. The zero-order valence-corrected chi connectivity index (χ0v) is 13.3. The lowest BCUT2D eigenvalue weighted by Crippen LogP contribution is -2.35. The molecule has 0 aromatic heterocycles. The summed E-state index contributed by atoms with van der Waals surface area (Å²) in [6.07, 6.45) is -0.0987. The highest BCUT2D eigenvalue weighted by Crippen LogP contribution is 2.32. The van der Waals surface area contributed by atoms with Crippen molar-refractivity contribution in [3.05, 3.63) is 71.0 Å². The topological polar surface area (TPSA) is 55.4 Å². The maximum absolute atomic E-state index is 13.7. The van der Waals surface area contributed by atoms with Gasteiger partial charge in [0.2, 0.25) is 5.91 Å². The van der Waals surface area contributed by atoms with E-state index < -0.39 is 12.1 Å². The molecule has 1 N–H and O–H groups in total. The molecular formula is C19H18FNO3. The van der Waals surface area contributed by atoms with Gasteiger partial charge in [-0.05, 0) is 31.0 Å². The summed E-state index contributed by atoms with van der Waals surface area (Å²) in [6, 6.07) is 13.3. The number of hydrogen-bond donors (Lipinski definition) is 1. The minimum absolute atomic E-state index is 0.0599. The van der Waals surface area contributed by atoms with Gasteiger partial charge in [0.1, 0.15) is 11.9 Å². The number of fused-ring (bicyclic) bond motifs is 1. The Kier molecular flexibility index (Phi) is 4.60. The number of ether oxygens (including phenoxy) is 1. The van der Waals surface area contributed by atoms with Crippen LogP contribution in [0.25, 0.3) is 0 Å².